The van der Waals surface area contributed by atoms with E-state index in [0.717, 1.165) is 3.58 Å². The molecule has 0 spiro atoms. The lowest BCUT2D eigenvalue weighted by Crippen LogP contribution is -2.05. The summed E-state index contributed by atoms with van der Waals surface area (Å²) in [6.07, 6.45) is 0.381. The molecule has 0 amide bonds. The van der Waals surface area contributed by atoms with Gasteiger partial charge in [0.2, 0.25) is 0 Å². The summed E-state index contributed by atoms with van der Waals surface area (Å²) in [6.45, 7) is 7.92. The Bertz CT molecular complexity index is 132. The van der Waals surface area contributed by atoms with Crippen molar-refractivity contribution in [3.63, 3.8) is 0 Å². The van der Waals surface area contributed by atoms with Crippen LogP contribution in [0.1, 0.15) is 13.8 Å². The molecule has 2 heteroatoms. The lowest BCUT2D eigenvalue weighted by molar-refractivity contribution is 0.348. The van der Waals surface area contributed by atoms with Gasteiger partial charge in [-0.15, -0.1) is 0 Å². The van der Waals surface area contributed by atoms with Crippen molar-refractivity contribution in [2.24, 2.45) is 0 Å². The fourth-order valence-corrected chi connectivity index (χ4v) is 1.18. The van der Waals surface area contributed by atoms with Crippen LogP contribution >= 0.6 is 22.6 Å². The molecule has 1 aliphatic heterocycles. The van der Waals surface area contributed by atoms with Crippen molar-refractivity contribution < 1.29 is 4.74 Å². The van der Waals surface area contributed by atoms with E-state index in [0.29, 0.717) is 6.10 Å². The van der Waals surface area contributed by atoms with E-state index in [1.54, 1.807) is 0 Å². The van der Waals surface area contributed by atoms with E-state index >= 15 is 0 Å². The highest BCUT2D eigenvalue weighted by Gasteiger charge is 2.50. The number of ether oxygens (including phenoxy) is 1. The molecule has 1 aliphatic rings. The normalized spacial score (nSPS) is 44.1. The molecule has 0 aliphatic carbocycles. The van der Waals surface area contributed by atoms with Crippen LogP contribution in [0.4, 0.5) is 0 Å². The fourth-order valence-electron chi connectivity index (χ4n) is 0.618. The van der Waals surface area contributed by atoms with Gasteiger partial charge in [-0.25, -0.2) is 0 Å². The van der Waals surface area contributed by atoms with Gasteiger partial charge in [-0.05, 0) is 36.4 Å². The van der Waals surface area contributed by atoms with Crippen molar-refractivity contribution in [1.82, 2.24) is 0 Å². The molecule has 2 atom stereocenters. The SMILES string of the molecule is C=C(I)C1(C)OC1C. The third-order valence-electron chi connectivity index (χ3n) is 1.68. The zero-order valence-electron chi connectivity index (χ0n) is 5.07. The van der Waals surface area contributed by atoms with Gasteiger partial charge >= 0.3 is 0 Å². The van der Waals surface area contributed by atoms with Crippen LogP contribution in [0.5, 0.6) is 0 Å². The highest BCUT2D eigenvalue weighted by atomic mass is 127. The highest BCUT2D eigenvalue weighted by molar-refractivity contribution is 14.1. The van der Waals surface area contributed by atoms with Gasteiger partial charge in [-0.1, -0.05) is 6.58 Å². The summed E-state index contributed by atoms with van der Waals surface area (Å²) in [6, 6.07) is 0. The van der Waals surface area contributed by atoms with Crippen LogP contribution in [0.15, 0.2) is 10.2 Å². The maximum absolute atomic E-state index is 5.26. The number of hydrogen-bond donors (Lipinski definition) is 0. The second-order valence-corrected chi connectivity index (χ2v) is 3.57. The third-order valence-corrected chi connectivity index (χ3v) is 2.75. The predicted molar refractivity (Wildman–Crippen MR) is 42.1 cm³/mol. The van der Waals surface area contributed by atoms with E-state index in [-0.39, 0.29) is 5.60 Å². The third kappa shape index (κ3) is 0.796. The Hall–Kier alpha value is 0.430. The van der Waals surface area contributed by atoms with Crippen molar-refractivity contribution in [2.75, 3.05) is 0 Å². The number of epoxide rings is 1. The zero-order chi connectivity index (χ0) is 6.36. The molecule has 46 valence electrons. The smallest absolute Gasteiger partial charge is 0.122 e. The van der Waals surface area contributed by atoms with E-state index in [2.05, 4.69) is 43.0 Å². The van der Waals surface area contributed by atoms with E-state index in [1.807, 2.05) is 0 Å². The molecule has 8 heavy (non-hydrogen) atoms. The van der Waals surface area contributed by atoms with Gasteiger partial charge in [0.1, 0.15) is 5.60 Å². The molecule has 1 nitrogen and oxygen atoms in total. The molecule has 2 unspecified atom stereocenters. The molecule has 0 aromatic carbocycles. The lowest BCUT2D eigenvalue weighted by atomic mass is 10.1. The maximum Gasteiger partial charge on any atom is 0.122 e. The molecule has 1 rings (SSSR count). The average Bonchev–Trinajstić information content (AvgIpc) is 2.17. The number of halogens is 1. The van der Waals surface area contributed by atoms with E-state index in [4.69, 9.17) is 4.74 Å². The van der Waals surface area contributed by atoms with Crippen LogP contribution in [0.3, 0.4) is 0 Å². The molecule has 0 bridgehead atoms. The van der Waals surface area contributed by atoms with E-state index in [1.165, 1.54) is 0 Å². The van der Waals surface area contributed by atoms with E-state index in [9.17, 15) is 0 Å². The van der Waals surface area contributed by atoms with Gasteiger partial charge in [0.05, 0.1) is 6.10 Å². The summed E-state index contributed by atoms with van der Waals surface area (Å²) in [7, 11) is 0. The molecule has 0 N–H and O–H groups in total. The van der Waals surface area contributed by atoms with Crippen LogP contribution in [0, 0.1) is 0 Å². The number of rotatable bonds is 1. The summed E-state index contributed by atoms with van der Waals surface area (Å²) < 4.78 is 6.36. The predicted octanol–water partition coefficient (Wildman–Crippen LogP) is 2.11. The van der Waals surface area contributed by atoms with Crippen LogP contribution < -0.4 is 0 Å². The standard InChI is InChI=1S/C6H9IO/c1-4(7)6(3)5(2)8-6/h5H,1H2,2-3H3. The zero-order valence-corrected chi connectivity index (χ0v) is 7.23. The minimum Gasteiger partial charge on any atom is -0.361 e. The van der Waals surface area contributed by atoms with Crippen LogP contribution in [0.25, 0.3) is 0 Å². The van der Waals surface area contributed by atoms with Crippen LogP contribution in [-0.4, -0.2) is 11.7 Å². The van der Waals surface area contributed by atoms with Gasteiger partial charge in [0, 0.05) is 3.58 Å². The van der Waals surface area contributed by atoms with Crippen LogP contribution in [-0.2, 0) is 4.74 Å². The Labute approximate surface area is 63.2 Å². The van der Waals surface area contributed by atoms with Gasteiger partial charge in [0.15, 0.2) is 0 Å². The van der Waals surface area contributed by atoms with Crippen LogP contribution in [0.2, 0.25) is 0 Å². The first-order valence-electron chi connectivity index (χ1n) is 2.60. The Morgan fingerprint density at radius 1 is 1.88 bits per heavy atom. The first-order valence-corrected chi connectivity index (χ1v) is 3.68. The Kier molecular flexibility index (Phi) is 1.39. The van der Waals surface area contributed by atoms with Gasteiger partial charge in [-0.3, -0.25) is 0 Å². The molecule has 0 aromatic rings. The Morgan fingerprint density at radius 2 is 2.25 bits per heavy atom. The average molecular weight is 224 g/mol. The van der Waals surface area contributed by atoms with Gasteiger partial charge in [0.25, 0.3) is 0 Å². The molecular formula is C6H9IO. The molecule has 1 fully saturated rings. The van der Waals surface area contributed by atoms with Gasteiger partial charge in [-0.2, -0.15) is 0 Å². The molecule has 1 saturated heterocycles. The van der Waals surface area contributed by atoms with Crippen molar-refractivity contribution in [1.29, 1.82) is 0 Å². The Morgan fingerprint density at radius 3 is 2.25 bits per heavy atom. The summed E-state index contributed by atoms with van der Waals surface area (Å²) in [5.74, 6) is 0. The minimum atomic E-state index is 0.000556. The highest BCUT2D eigenvalue weighted by Crippen LogP contribution is 2.43. The fraction of sp³-hybridized carbons (Fsp3) is 0.667. The number of hydrogen-bond acceptors (Lipinski definition) is 1. The summed E-state index contributed by atoms with van der Waals surface area (Å²) in [4.78, 5) is 0. The first kappa shape index (κ1) is 6.55. The lowest BCUT2D eigenvalue weighted by Gasteiger charge is -1.98. The maximum atomic E-state index is 5.26. The van der Waals surface area contributed by atoms with Crippen molar-refractivity contribution in [3.8, 4) is 0 Å². The molecule has 0 aromatic heterocycles. The molecule has 1 heterocycles. The Balaban J connectivity index is 2.60. The molecule has 0 saturated carbocycles. The molecule has 0 radical (unpaired) electrons. The van der Waals surface area contributed by atoms with Crippen molar-refractivity contribution >= 4 is 22.6 Å². The monoisotopic (exact) mass is 224 g/mol. The second-order valence-electron chi connectivity index (χ2n) is 2.27. The summed E-state index contributed by atoms with van der Waals surface area (Å²) in [5.41, 5.74) is 0.000556. The quantitative estimate of drug-likeness (QED) is 0.490. The second kappa shape index (κ2) is 1.70. The van der Waals surface area contributed by atoms with Crippen molar-refractivity contribution in [3.05, 3.63) is 10.2 Å². The molecular weight excluding hydrogens is 215 g/mol. The summed E-state index contributed by atoms with van der Waals surface area (Å²) in [5, 5.41) is 0. The topological polar surface area (TPSA) is 12.5 Å². The largest absolute Gasteiger partial charge is 0.361 e. The van der Waals surface area contributed by atoms with Gasteiger partial charge < -0.3 is 4.74 Å². The van der Waals surface area contributed by atoms with E-state index < -0.39 is 0 Å². The summed E-state index contributed by atoms with van der Waals surface area (Å²) >= 11 is 2.21. The minimum absolute atomic E-state index is 0.000556. The van der Waals surface area contributed by atoms with Crippen molar-refractivity contribution in [2.45, 2.75) is 25.6 Å². The first-order chi connectivity index (χ1) is 3.57.